The molecular formula is C26H43KO9. The molecule has 0 saturated carbocycles. The molecule has 2 saturated heterocycles. The van der Waals surface area contributed by atoms with E-state index in [2.05, 4.69) is 0 Å². The molecule has 0 unspecified atom stereocenters. The number of hydrogen-bond donors (Lipinski definition) is 3. The molecule has 36 heavy (non-hydrogen) atoms. The van der Waals surface area contributed by atoms with Gasteiger partial charge < -0.3 is 39.4 Å². The van der Waals surface area contributed by atoms with Gasteiger partial charge in [0.15, 0.2) is 0 Å². The average Bonchev–Trinajstić information content (AvgIpc) is 3.55. The van der Waals surface area contributed by atoms with Gasteiger partial charge in [-0.2, -0.15) is 0 Å². The molecule has 0 aromatic rings. The molecule has 0 aromatic carbocycles. The van der Waals surface area contributed by atoms with Crippen LogP contribution in [0.15, 0.2) is 11.6 Å². The van der Waals surface area contributed by atoms with Gasteiger partial charge in [-0.15, -0.1) is 0 Å². The van der Waals surface area contributed by atoms with Gasteiger partial charge in [0, 0.05) is 23.9 Å². The zero-order valence-electron chi connectivity index (χ0n) is 22.3. The van der Waals surface area contributed by atoms with Crippen LogP contribution in [0.1, 0.15) is 78.6 Å². The Labute approximate surface area is 257 Å². The van der Waals surface area contributed by atoms with E-state index in [1.165, 1.54) is 6.08 Å². The number of carbonyl (C=O) groups excluding carboxylic acids is 2. The largest absolute Gasteiger partial charge is 1.00 e. The van der Waals surface area contributed by atoms with Crippen molar-refractivity contribution in [2.24, 2.45) is 11.8 Å². The number of carbonyl (C=O) groups is 2. The molecule has 2 fully saturated rings. The van der Waals surface area contributed by atoms with Gasteiger partial charge in [-0.05, 0) is 46.0 Å². The Hall–Kier alpha value is 0.116. The molecule has 2 aliphatic heterocycles. The van der Waals surface area contributed by atoms with Crippen LogP contribution >= 0.6 is 0 Å². The molecule has 0 bridgehead atoms. The predicted octanol–water partition coefficient (Wildman–Crippen LogP) is -1.74. The van der Waals surface area contributed by atoms with Crippen LogP contribution in [0.25, 0.3) is 0 Å². The number of hydrogen-bond acceptors (Lipinski definition) is 9. The maximum atomic E-state index is 12.0. The van der Waals surface area contributed by atoms with Gasteiger partial charge in [0.25, 0.3) is 0 Å². The van der Waals surface area contributed by atoms with Crippen LogP contribution in [-0.2, 0) is 23.8 Å². The second kappa shape index (κ2) is 17.7. The fourth-order valence-electron chi connectivity index (χ4n) is 4.58. The molecular weight excluding hydrogens is 495 g/mol. The maximum absolute atomic E-state index is 12.0. The number of carboxylic acids is 1. The minimum absolute atomic E-state index is 0. The maximum Gasteiger partial charge on any atom is 1.00 e. The monoisotopic (exact) mass is 538 g/mol. The third kappa shape index (κ3) is 12.3. The Bertz CT molecular complexity index is 699. The van der Waals surface area contributed by atoms with Crippen molar-refractivity contribution in [3.63, 3.8) is 0 Å². The third-order valence-electron chi connectivity index (χ3n) is 7.08. The Balaban J connectivity index is 0.00000648. The zero-order valence-corrected chi connectivity index (χ0v) is 25.4. The zero-order chi connectivity index (χ0) is 26.0. The molecule has 9 nitrogen and oxygen atoms in total. The normalized spacial score (nSPS) is 29.7. The molecule has 10 heteroatoms. The first-order valence-electron chi connectivity index (χ1n) is 12.9. The van der Waals surface area contributed by atoms with Crippen molar-refractivity contribution in [1.29, 1.82) is 0 Å². The summed E-state index contributed by atoms with van der Waals surface area (Å²) in [6, 6.07) is 0. The first-order valence-corrected chi connectivity index (χ1v) is 12.9. The molecule has 2 aliphatic rings. The first-order chi connectivity index (χ1) is 16.6. The van der Waals surface area contributed by atoms with Crippen molar-refractivity contribution in [2.45, 2.75) is 115 Å². The Morgan fingerprint density at radius 2 is 1.69 bits per heavy atom. The molecule has 0 spiro atoms. The summed E-state index contributed by atoms with van der Waals surface area (Å²) in [5.74, 6) is -1.68. The molecule has 2 heterocycles. The molecule has 2 rings (SSSR count). The SMILES string of the molecule is C/C(=C\C(=O)OCCCCCCCCC(=O)[O-])C[C@@H]1OC[C@H](C[C@@H]2O[C@H]2[C@@H](C)[C@H](C)O)[C@@H](O)[C@H]1O.[K+]. The summed E-state index contributed by atoms with van der Waals surface area (Å²) in [5.41, 5.74) is 0.703. The third-order valence-corrected chi connectivity index (χ3v) is 7.08. The molecule has 0 aromatic heterocycles. The van der Waals surface area contributed by atoms with E-state index in [9.17, 15) is 30.0 Å². The van der Waals surface area contributed by atoms with E-state index in [0.717, 1.165) is 32.1 Å². The van der Waals surface area contributed by atoms with Crippen molar-refractivity contribution >= 4 is 11.9 Å². The summed E-state index contributed by atoms with van der Waals surface area (Å²) >= 11 is 0. The van der Waals surface area contributed by atoms with E-state index in [0.29, 0.717) is 38.0 Å². The van der Waals surface area contributed by atoms with E-state index in [1.807, 2.05) is 6.92 Å². The topological polar surface area (TPSA) is 149 Å². The summed E-state index contributed by atoms with van der Waals surface area (Å²) < 4.78 is 16.7. The van der Waals surface area contributed by atoms with Crippen LogP contribution in [0.3, 0.4) is 0 Å². The van der Waals surface area contributed by atoms with Gasteiger partial charge >= 0.3 is 57.4 Å². The van der Waals surface area contributed by atoms with Gasteiger partial charge in [0.05, 0.1) is 43.7 Å². The number of esters is 1. The molecule has 202 valence electrons. The van der Waals surface area contributed by atoms with Crippen LogP contribution in [0.5, 0.6) is 0 Å². The number of epoxide rings is 1. The minimum Gasteiger partial charge on any atom is -0.550 e. The van der Waals surface area contributed by atoms with Crippen molar-refractivity contribution in [3.05, 3.63) is 11.6 Å². The molecule has 0 radical (unpaired) electrons. The predicted molar refractivity (Wildman–Crippen MR) is 126 cm³/mol. The number of aliphatic hydroxyl groups excluding tert-OH is 3. The van der Waals surface area contributed by atoms with Crippen molar-refractivity contribution < 1.29 is 95.6 Å². The van der Waals surface area contributed by atoms with Crippen molar-refractivity contribution in [2.75, 3.05) is 13.2 Å². The van der Waals surface area contributed by atoms with Gasteiger partial charge in [-0.1, -0.05) is 38.2 Å². The van der Waals surface area contributed by atoms with Crippen LogP contribution in [0.2, 0.25) is 0 Å². The Morgan fingerprint density at radius 1 is 1.06 bits per heavy atom. The number of ether oxygens (including phenoxy) is 3. The standard InChI is InChI=1S/C26H44O9.K/c1-16(13-23(30)33-11-9-7-5-4-6-8-10-22(28)29)12-20-25(32)24(31)19(15-34-20)14-21-26(35-21)17(2)18(3)27;/h13,17-21,24-27,31-32H,4-12,14-15H2,1-3H3,(H,28,29);/q;+1/p-1/b16-13+;/t17-,18-,19-,20-,21-,24+,25-,26-;/m0./s1. The number of carboxylic acid groups (broad SMARTS) is 1. The van der Waals surface area contributed by atoms with Crippen LogP contribution in [0, 0.1) is 11.8 Å². The fraction of sp³-hybridized carbons (Fsp3) is 0.846. The Kier molecular flexibility index (Phi) is 16.7. The molecule has 8 atom stereocenters. The van der Waals surface area contributed by atoms with Gasteiger partial charge in [0.2, 0.25) is 0 Å². The van der Waals surface area contributed by atoms with Gasteiger partial charge in [-0.25, -0.2) is 4.79 Å². The Morgan fingerprint density at radius 3 is 2.33 bits per heavy atom. The second-order valence-corrected chi connectivity index (χ2v) is 10.2. The van der Waals surface area contributed by atoms with Gasteiger partial charge in [-0.3, -0.25) is 0 Å². The molecule has 0 amide bonds. The van der Waals surface area contributed by atoms with Gasteiger partial charge in [0.1, 0.15) is 6.10 Å². The molecule has 0 aliphatic carbocycles. The number of aliphatic carboxylic acids is 1. The van der Waals surface area contributed by atoms with Crippen LogP contribution in [0.4, 0.5) is 0 Å². The summed E-state index contributed by atoms with van der Waals surface area (Å²) in [5, 5.41) is 41.2. The van der Waals surface area contributed by atoms with E-state index in [1.54, 1.807) is 13.8 Å². The van der Waals surface area contributed by atoms with E-state index < -0.39 is 36.4 Å². The van der Waals surface area contributed by atoms with Crippen molar-refractivity contribution in [3.8, 4) is 0 Å². The van der Waals surface area contributed by atoms with E-state index in [-0.39, 0.29) is 81.8 Å². The van der Waals surface area contributed by atoms with Crippen LogP contribution < -0.4 is 56.5 Å². The average molecular weight is 539 g/mol. The number of rotatable bonds is 16. The minimum atomic E-state index is -1.06. The number of unbranched alkanes of at least 4 members (excludes halogenated alkanes) is 5. The quantitative estimate of drug-likeness (QED) is 0.0685. The number of aliphatic hydroxyl groups is 3. The van der Waals surface area contributed by atoms with E-state index >= 15 is 0 Å². The first kappa shape index (κ1) is 34.1. The van der Waals surface area contributed by atoms with Crippen LogP contribution in [-0.4, -0.2) is 77.1 Å². The second-order valence-electron chi connectivity index (χ2n) is 10.2. The van der Waals surface area contributed by atoms with E-state index in [4.69, 9.17) is 14.2 Å². The van der Waals surface area contributed by atoms with Crippen molar-refractivity contribution in [1.82, 2.24) is 0 Å². The summed E-state index contributed by atoms with van der Waals surface area (Å²) in [6.07, 6.45) is 4.29. The summed E-state index contributed by atoms with van der Waals surface area (Å²) in [4.78, 5) is 22.4. The fourth-order valence-corrected chi connectivity index (χ4v) is 4.58. The smallest absolute Gasteiger partial charge is 0.550 e. The molecule has 3 N–H and O–H groups in total. The summed E-state index contributed by atoms with van der Waals surface area (Å²) in [6.45, 7) is 6.05. The summed E-state index contributed by atoms with van der Waals surface area (Å²) in [7, 11) is 0.